The average Bonchev–Trinajstić information content (AvgIpc) is 2.33. The molecule has 0 unspecified atom stereocenters. The zero-order chi connectivity index (χ0) is 16.2. The van der Waals surface area contributed by atoms with Gasteiger partial charge in [0, 0.05) is 19.0 Å². The molecule has 0 aliphatic rings. The second-order valence-corrected chi connectivity index (χ2v) is 5.96. The Morgan fingerprint density at radius 1 is 1.48 bits per heavy atom. The normalized spacial score (nSPS) is 11.3. The predicted molar refractivity (Wildman–Crippen MR) is 69.8 cm³/mol. The van der Waals surface area contributed by atoms with Crippen LogP contribution in [-0.4, -0.2) is 31.0 Å². The maximum atomic E-state index is 13.3. The molecule has 21 heavy (non-hydrogen) atoms. The minimum absolute atomic E-state index is 0.0174. The minimum Gasteiger partial charge on any atom is -0.481 e. The van der Waals surface area contributed by atoms with Crippen molar-refractivity contribution in [2.24, 2.45) is 0 Å². The highest BCUT2D eigenvalue weighted by molar-refractivity contribution is 7.89. The molecule has 8 nitrogen and oxygen atoms in total. The summed E-state index contributed by atoms with van der Waals surface area (Å²) in [6.45, 7) is 1.16. The lowest BCUT2D eigenvalue weighted by Crippen LogP contribution is -2.26. The number of sulfonamides is 1. The summed E-state index contributed by atoms with van der Waals surface area (Å²) in [6, 6.07) is 1.41. The van der Waals surface area contributed by atoms with Crippen LogP contribution in [-0.2, 0) is 14.8 Å². The zero-order valence-corrected chi connectivity index (χ0v) is 11.8. The second-order valence-electron chi connectivity index (χ2n) is 4.22. The van der Waals surface area contributed by atoms with Crippen LogP contribution in [0, 0.1) is 22.9 Å². The number of nitrogens with one attached hydrogen (secondary N) is 1. The molecule has 10 heteroatoms. The Labute approximate surface area is 119 Å². The number of nitro groups is 1. The van der Waals surface area contributed by atoms with Crippen LogP contribution in [0.5, 0.6) is 0 Å². The van der Waals surface area contributed by atoms with E-state index in [1.165, 1.54) is 6.92 Å². The van der Waals surface area contributed by atoms with E-state index < -0.39 is 37.3 Å². The number of nitro benzene ring substituents is 1. The lowest BCUT2D eigenvalue weighted by atomic mass is 10.2. The van der Waals surface area contributed by atoms with Gasteiger partial charge in [0.2, 0.25) is 15.8 Å². The maximum absolute atomic E-state index is 13.3. The van der Waals surface area contributed by atoms with E-state index in [0.717, 1.165) is 6.07 Å². The molecular weight excluding hydrogens is 307 g/mol. The van der Waals surface area contributed by atoms with Crippen molar-refractivity contribution in [3.8, 4) is 0 Å². The Morgan fingerprint density at radius 2 is 2.10 bits per heavy atom. The van der Waals surface area contributed by atoms with Gasteiger partial charge in [0.1, 0.15) is 0 Å². The Balaban J connectivity index is 3.00. The molecule has 2 N–H and O–H groups in total. The molecule has 0 aromatic heterocycles. The third-order valence-electron chi connectivity index (χ3n) is 2.59. The van der Waals surface area contributed by atoms with E-state index in [1.54, 1.807) is 0 Å². The number of hydrogen-bond donors (Lipinski definition) is 2. The molecule has 0 saturated heterocycles. The van der Waals surface area contributed by atoms with Gasteiger partial charge < -0.3 is 5.11 Å². The quantitative estimate of drug-likeness (QED) is 0.441. The number of hydrogen-bond acceptors (Lipinski definition) is 5. The van der Waals surface area contributed by atoms with Gasteiger partial charge in [-0.25, -0.2) is 13.1 Å². The number of carboxylic acid groups (broad SMARTS) is 1. The molecule has 116 valence electrons. The van der Waals surface area contributed by atoms with E-state index >= 15 is 0 Å². The van der Waals surface area contributed by atoms with Gasteiger partial charge in [0.05, 0.1) is 9.82 Å². The largest absolute Gasteiger partial charge is 0.481 e. The molecule has 1 rings (SSSR count). The first-order chi connectivity index (χ1) is 9.65. The molecule has 0 aliphatic heterocycles. The molecule has 0 heterocycles. The van der Waals surface area contributed by atoms with Gasteiger partial charge in [0.15, 0.2) is 0 Å². The zero-order valence-electron chi connectivity index (χ0n) is 11.0. The molecule has 0 aliphatic carbocycles. The van der Waals surface area contributed by atoms with Crippen molar-refractivity contribution in [2.45, 2.75) is 24.7 Å². The van der Waals surface area contributed by atoms with Gasteiger partial charge in [-0.15, -0.1) is 0 Å². The van der Waals surface area contributed by atoms with E-state index in [1.807, 2.05) is 0 Å². The highest BCUT2D eigenvalue weighted by Gasteiger charge is 2.24. The highest BCUT2D eigenvalue weighted by atomic mass is 32.2. The van der Waals surface area contributed by atoms with Gasteiger partial charge in [-0.1, -0.05) is 0 Å². The van der Waals surface area contributed by atoms with Crippen LogP contribution in [0.2, 0.25) is 0 Å². The first-order valence-corrected chi connectivity index (χ1v) is 7.29. The number of benzene rings is 1. The van der Waals surface area contributed by atoms with Crippen molar-refractivity contribution in [1.29, 1.82) is 0 Å². The van der Waals surface area contributed by atoms with Gasteiger partial charge >= 0.3 is 11.7 Å². The van der Waals surface area contributed by atoms with Crippen molar-refractivity contribution in [1.82, 2.24) is 4.72 Å². The number of rotatable bonds is 7. The van der Waals surface area contributed by atoms with Crippen LogP contribution in [0.1, 0.15) is 18.4 Å². The van der Waals surface area contributed by atoms with Crippen LogP contribution in [0.25, 0.3) is 0 Å². The molecule has 0 fully saturated rings. The van der Waals surface area contributed by atoms with Gasteiger partial charge in [-0.05, 0) is 25.0 Å². The fourth-order valence-corrected chi connectivity index (χ4v) is 2.91. The van der Waals surface area contributed by atoms with E-state index in [9.17, 15) is 27.7 Å². The molecule has 1 aromatic rings. The smallest absolute Gasteiger partial charge is 0.306 e. The number of aliphatic carboxylic acids is 1. The van der Waals surface area contributed by atoms with Crippen molar-refractivity contribution >= 4 is 21.7 Å². The maximum Gasteiger partial charge on any atom is 0.306 e. The fraction of sp³-hybridized carbons (Fsp3) is 0.364. The van der Waals surface area contributed by atoms with Crippen molar-refractivity contribution < 1.29 is 27.6 Å². The number of halogens is 1. The van der Waals surface area contributed by atoms with E-state index in [0.29, 0.717) is 6.07 Å². The Hall–Kier alpha value is -2.07. The van der Waals surface area contributed by atoms with Gasteiger partial charge in [-0.2, -0.15) is 4.39 Å². The second kappa shape index (κ2) is 6.59. The average molecular weight is 320 g/mol. The van der Waals surface area contributed by atoms with E-state index in [-0.39, 0.29) is 24.9 Å². The predicted octanol–water partition coefficient (Wildman–Crippen LogP) is 1.19. The minimum atomic E-state index is -4.08. The number of nitrogens with zero attached hydrogens (tertiary/aromatic N) is 1. The summed E-state index contributed by atoms with van der Waals surface area (Å²) in [7, 11) is -4.08. The lowest BCUT2D eigenvalue weighted by molar-refractivity contribution is -0.387. The summed E-state index contributed by atoms with van der Waals surface area (Å²) in [6.07, 6.45) is -0.151. The highest BCUT2D eigenvalue weighted by Crippen LogP contribution is 2.25. The first kappa shape index (κ1) is 17.0. The van der Waals surface area contributed by atoms with Gasteiger partial charge in [-0.3, -0.25) is 14.9 Å². The molecule has 0 radical (unpaired) electrons. The molecular formula is C11H13FN2O6S. The topological polar surface area (TPSA) is 127 Å². The summed E-state index contributed by atoms with van der Waals surface area (Å²) in [5, 5.41) is 19.1. The molecule has 0 spiro atoms. The van der Waals surface area contributed by atoms with E-state index in [4.69, 9.17) is 5.11 Å². The van der Waals surface area contributed by atoms with Crippen LogP contribution >= 0.6 is 0 Å². The van der Waals surface area contributed by atoms with Crippen LogP contribution in [0.4, 0.5) is 10.1 Å². The molecule has 1 aromatic carbocycles. The van der Waals surface area contributed by atoms with Crippen molar-refractivity contribution in [2.75, 3.05) is 6.54 Å². The summed E-state index contributed by atoms with van der Waals surface area (Å²) < 4.78 is 39.4. The van der Waals surface area contributed by atoms with Crippen molar-refractivity contribution in [3.05, 3.63) is 33.6 Å². The third kappa shape index (κ3) is 4.46. The van der Waals surface area contributed by atoms with Crippen LogP contribution in [0.15, 0.2) is 17.0 Å². The lowest BCUT2D eigenvalue weighted by Gasteiger charge is -2.09. The van der Waals surface area contributed by atoms with E-state index in [2.05, 4.69) is 4.72 Å². The van der Waals surface area contributed by atoms with Crippen LogP contribution < -0.4 is 4.72 Å². The number of carbonyl (C=O) groups is 1. The van der Waals surface area contributed by atoms with Crippen molar-refractivity contribution in [3.63, 3.8) is 0 Å². The summed E-state index contributed by atoms with van der Waals surface area (Å²) in [4.78, 5) is 19.5. The Kier molecular flexibility index (Phi) is 5.33. The molecule has 0 bridgehead atoms. The fourth-order valence-electron chi connectivity index (χ4n) is 1.60. The summed E-state index contributed by atoms with van der Waals surface area (Å²) in [5.74, 6) is -2.19. The first-order valence-electron chi connectivity index (χ1n) is 5.81. The number of aryl methyl sites for hydroxylation is 1. The molecule has 0 amide bonds. The standard InChI is InChI=1S/C11H13FN2O6S/c1-7-5-8(12)9(14(17)18)6-10(7)21(19,20)13-4-2-3-11(15)16/h5-6,13H,2-4H2,1H3,(H,15,16). The number of carboxylic acids is 1. The Bertz CT molecular complexity index is 674. The molecule has 0 atom stereocenters. The van der Waals surface area contributed by atoms with Crippen LogP contribution in [0.3, 0.4) is 0 Å². The summed E-state index contributed by atoms with van der Waals surface area (Å²) >= 11 is 0. The summed E-state index contributed by atoms with van der Waals surface area (Å²) in [5.41, 5.74) is -0.921. The monoisotopic (exact) mass is 320 g/mol. The molecule has 0 saturated carbocycles. The third-order valence-corrected chi connectivity index (χ3v) is 4.19. The Morgan fingerprint density at radius 3 is 2.62 bits per heavy atom. The SMILES string of the molecule is Cc1cc(F)c([N+](=O)[O-])cc1S(=O)(=O)NCCCC(=O)O. The van der Waals surface area contributed by atoms with Gasteiger partial charge in [0.25, 0.3) is 0 Å².